The van der Waals surface area contributed by atoms with Crippen molar-refractivity contribution in [2.24, 2.45) is 5.73 Å². The van der Waals surface area contributed by atoms with E-state index < -0.39 is 30.4 Å². The Morgan fingerprint density at radius 3 is 1.93 bits per heavy atom. The van der Waals surface area contributed by atoms with E-state index in [0.29, 0.717) is 29.2 Å². The summed E-state index contributed by atoms with van der Waals surface area (Å²) in [5, 5.41) is 0.931. The highest BCUT2D eigenvalue weighted by Gasteiger charge is 2.33. The summed E-state index contributed by atoms with van der Waals surface area (Å²) in [6.07, 6.45) is 7.27. The second-order valence-electron chi connectivity index (χ2n) is 14.6. The van der Waals surface area contributed by atoms with Crippen LogP contribution in [0.2, 0.25) is 0 Å². The summed E-state index contributed by atoms with van der Waals surface area (Å²) in [7, 11) is 1.20. The number of fused-ring (bicyclic) bond motifs is 8. The molecule has 0 unspecified atom stereocenters. The van der Waals surface area contributed by atoms with Crippen molar-refractivity contribution in [2.75, 3.05) is 20.3 Å². The van der Waals surface area contributed by atoms with Crippen molar-refractivity contribution in [3.8, 4) is 0 Å². The van der Waals surface area contributed by atoms with Crippen LogP contribution in [-0.2, 0) is 35.1 Å². The van der Waals surface area contributed by atoms with E-state index in [1.54, 1.807) is 6.92 Å². The fourth-order valence-electron chi connectivity index (χ4n) is 7.62. The minimum Gasteiger partial charge on any atom is -0.467 e. The molecule has 8 bridgehead atoms. The van der Waals surface area contributed by atoms with Gasteiger partial charge in [-0.2, -0.15) is 0 Å². The molecule has 4 aromatic heterocycles. The van der Waals surface area contributed by atoms with Crippen LogP contribution in [0.15, 0.2) is 49.9 Å². The van der Waals surface area contributed by atoms with Gasteiger partial charge in [-0.3, -0.25) is 19.8 Å². The van der Waals surface area contributed by atoms with E-state index in [-0.39, 0.29) is 38.3 Å². The maximum atomic E-state index is 13.8. The maximum Gasteiger partial charge on any atom is 0.331 e. The number of H-pyrrole nitrogens is 3. The molecule has 6 heterocycles. The van der Waals surface area contributed by atoms with Crippen LogP contribution in [0.3, 0.4) is 0 Å². The zero-order valence-corrected chi connectivity index (χ0v) is 34.9. The first-order chi connectivity index (χ1) is 28.8. The Labute approximate surface area is 347 Å². The van der Waals surface area contributed by atoms with Crippen LogP contribution in [0.1, 0.15) is 97.2 Å². The van der Waals surface area contributed by atoms with Crippen LogP contribution < -0.4 is 11.2 Å². The minimum absolute atomic E-state index is 0.00280. The molecule has 4 aromatic rings. The third-order valence-electron chi connectivity index (χ3n) is 11.0. The molecule has 2 aliphatic rings. The number of aryl methyl sites for hydroxylation is 2. The normalized spacial score (nSPS) is 12.9. The molecule has 0 saturated heterocycles. The van der Waals surface area contributed by atoms with E-state index >= 15 is 0 Å². The highest BCUT2D eigenvalue weighted by Crippen LogP contribution is 2.38. The number of aromatic amines is 3. The maximum absolute atomic E-state index is 13.8. The number of nitrogens with zero attached hydrogens (tertiary/aromatic N) is 4. The van der Waals surface area contributed by atoms with Crippen molar-refractivity contribution in [2.45, 2.75) is 72.8 Å². The van der Waals surface area contributed by atoms with E-state index in [2.05, 4.69) is 44.6 Å². The summed E-state index contributed by atoms with van der Waals surface area (Å²) in [6.45, 7) is 17.8. The second-order valence-corrected chi connectivity index (χ2v) is 14.6. The summed E-state index contributed by atoms with van der Waals surface area (Å²) < 4.78 is 10.3. The number of nitrogens with one attached hydrogen (secondary N) is 4. The lowest BCUT2D eigenvalue weighted by molar-refractivity contribution is -0.157. The zero-order chi connectivity index (χ0) is 43.2. The van der Waals surface area contributed by atoms with Gasteiger partial charge in [0.25, 0.3) is 5.91 Å². The smallest absolute Gasteiger partial charge is 0.331 e. The predicted molar refractivity (Wildman–Crippen MR) is 233 cm³/mol. The molecule has 15 heteroatoms. The van der Waals surface area contributed by atoms with Crippen molar-refractivity contribution in [3.05, 3.63) is 101 Å². The van der Waals surface area contributed by atoms with Crippen LogP contribution in [0.25, 0.3) is 56.5 Å². The summed E-state index contributed by atoms with van der Waals surface area (Å²) in [5.74, 6) is -2.26. The van der Waals surface area contributed by atoms with Crippen LogP contribution in [0, 0.1) is 13.8 Å². The number of aromatic nitrogens is 6. The number of hydrogen-bond donors (Lipinski definition) is 5. The number of esters is 2. The Morgan fingerprint density at radius 1 is 0.833 bits per heavy atom. The number of carbonyl (C=O) groups is 4. The molecule has 1 atom stereocenters. The molecule has 0 spiro atoms. The number of amides is 2. The Kier molecular flexibility index (Phi) is 13.1. The monoisotopic (exact) mass is 813 g/mol. The van der Waals surface area contributed by atoms with E-state index in [4.69, 9.17) is 25.2 Å². The van der Waals surface area contributed by atoms with Crippen molar-refractivity contribution in [1.82, 2.24) is 40.3 Å². The van der Waals surface area contributed by atoms with Gasteiger partial charge in [0.05, 0.1) is 49.4 Å². The first kappa shape index (κ1) is 42.7. The average Bonchev–Trinajstić information content (AvgIpc) is 4.04. The molecule has 6 N–H and O–H groups in total. The number of methoxy groups -OCH3 is 1. The zero-order valence-electron chi connectivity index (χ0n) is 34.9. The van der Waals surface area contributed by atoms with E-state index in [1.807, 2.05) is 58.0 Å². The fraction of sp³-hybridized carbons (Fsp3) is 0.311. The molecular formula is C45H51N9O6. The van der Waals surface area contributed by atoms with Gasteiger partial charge in [0.15, 0.2) is 6.04 Å². The fourth-order valence-corrected chi connectivity index (χ4v) is 7.62. The molecule has 2 aliphatic heterocycles. The van der Waals surface area contributed by atoms with Gasteiger partial charge in [0.2, 0.25) is 5.91 Å². The Morgan fingerprint density at radius 2 is 1.40 bits per heavy atom. The highest BCUT2D eigenvalue weighted by molar-refractivity contribution is 5.97. The Bertz CT molecular complexity index is 2610. The number of ether oxygens (including phenoxy) is 2. The van der Waals surface area contributed by atoms with Crippen LogP contribution in [-0.4, -0.2) is 85.0 Å². The van der Waals surface area contributed by atoms with Crippen LogP contribution in [0.5, 0.6) is 0 Å². The highest BCUT2D eigenvalue weighted by atomic mass is 16.5. The lowest BCUT2D eigenvalue weighted by atomic mass is 9.98. The van der Waals surface area contributed by atoms with Gasteiger partial charge >= 0.3 is 11.9 Å². The number of rotatable bonds is 14. The molecule has 6 rings (SSSR count). The Hall–Kier alpha value is -6.87. The molecule has 0 saturated carbocycles. The number of hydrogen-bond acceptors (Lipinski definition) is 10. The summed E-state index contributed by atoms with van der Waals surface area (Å²) in [4.78, 5) is 76.7. The van der Waals surface area contributed by atoms with Crippen molar-refractivity contribution >= 4 is 80.3 Å². The summed E-state index contributed by atoms with van der Waals surface area (Å²) in [6, 6.07) is 6.71. The third kappa shape index (κ3) is 8.76. The first-order valence-corrected chi connectivity index (χ1v) is 19.8. The largest absolute Gasteiger partial charge is 0.467 e. The number of nitrogens with two attached hydrogens (primary N) is 1. The van der Waals surface area contributed by atoms with Crippen molar-refractivity contribution < 1.29 is 28.7 Å². The minimum atomic E-state index is -1.21. The van der Waals surface area contributed by atoms with Gasteiger partial charge in [0, 0.05) is 64.3 Å². The summed E-state index contributed by atoms with van der Waals surface area (Å²) >= 11 is 0. The average molecular weight is 814 g/mol. The Balaban J connectivity index is 1.48. The lowest BCUT2D eigenvalue weighted by Crippen LogP contribution is -2.57. The predicted octanol–water partition coefficient (Wildman–Crippen LogP) is 6.53. The van der Waals surface area contributed by atoms with E-state index in [1.165, 1.54) is 19.6 Å². The molecule has 60 heavy (non-hydrogen) atoms. The molecular weight excluding hydrogens is 763 g/mol. The van der Waals surface area contributed by atoms with E-state index in [9.17, 15) is 19.2 Å². The number of allylic oxidation sites excluding steroid dienone is 4. The van der Waals surface area contributed by atoms with Crippen molar-refractivity contribution in [1.29, 1.82) is 0 Å². The molecule has 0 aliphatic carbocycles. The molecule has 2 amide bonds. The van der Waals surface area contributed by atoms with Gasteiger partial charge in [0.1, 0.15) is 0 Å². The van der Waals surface area contributed by atoms with Crippen molar-refractivity contribution in [3.63, 3.8) is 0 Å². The lowest BCUT2D eigenvalue weighted by Gasteiger charge is -2.29. The first-order valence-electron chi connectivity index (χ1n) is 19.8. The molecule has 0 aromatic carbocycles. The molecule has 312 valence electrons. The third-order valence-corrected chi connectivity index (χ3v) is 11.0. The second kappa shape index (κ2) is 18.4. The van der Waals surface area contributed by atoms with Gasteiger partial charge in [-0.1, -0.05) is 25.3 Å². The van der Waals surface area contributed by atoms with Gasteiger partial charge in [-0.05, 0) is 105 Å². The van der Waals surface area contributed by atoms with E-state index in [0.717, 1.165) is 77.3 Å². The number of hydrazine groups is 1. The van der Waals surface area contributed by atoms with Gasteiger partial charge < -0.3 is 30.2 Å². The SMILES string of the molecule is C=Cc1c(C)c2cc3[nH]c(cc4nc(cc5nc(cc1[nH]2)C(C)=C5CCC(=O)NN(C(=O)CN)[C@@H](Cc1cnc[nH]1)C(=O)OC)C(CCC(=O)OCC)=C4C)c(C)c3C=C. The van der Waals surface area contributed by atoms with Gasteiger partial charge in [-0.15, -0.1) is 0 Å². The van der Waals surface area contributed by atoms with Crippen LogP contribution >= 0.6 is 0 Å². The summed E-state index contributed by atoms with van der Waals surface area (Å²) in [5.41, 5.74) is 22.2. The molecule has 0 fully saturated rings. The standard InChI is InChI=1S/C45H51N9O6/c1-9-29-24(4)33-17-34-27(7)32(13-15-44(57)60-11-3)40(51-34)20-39-31(26(6)36(52-39)19-38-30(10-2)25(5)35(50-38)18-37(29)49-33)12-14-42(55)53-54(43(56)21-46)41(45(58)59-8)16-28-22-47-23-48-28/h9-10,17-20,22-23,41,49-50H,1-2,11-16,21,46H2,3-8H3,(H,47,48)(H,53,55)/t41-/m0/s1. The topological polar surface area (TPSA) is 214 Å². The quantitative estimate of drug-likeness (QED) is 0.0686. The molecule has 15 nitrogen and oxygen atoms in total. The van der Waals surface area contributed by atoms with Crippen LogP contribution in [0.4, 0.5) is 0 Å². The number of imidazole rings is 1. The molecule has 0 radical (unpaired) electrons. The van der Waals surface area contributed by atoms with Gasteiger partial charge in [-0.25, -0.2) is 24.8 Å². The number of carbonyl (C=O) groups excluding carboxylic acids is 4.